The lowest BCUT2D eigenvalue weighted by atomic mass is 10.0. The molecule has 0 unspecified atom stereocenters. The van der Waals surface area contributed by atoms with E-state index in [2.05, 4.69) is 10.6 Å². The van der Waals surface area contributed by atoms with Crippen LogP contribution in [0.2, 0.25) is 5.02 Å². The molecule has 2 N–H and O–H groups in total. The molecule has 18 heavy (non-hydrogen) atoms. The number of carbonyl (C=O) groups is 1. The molecule has 1 amide bonds. The van der Waals surface area contributed by atoms with Gasteiger partial charge in [0.15, 0.2) is 5.82 Å². The van der Waals surface area contributed by atoms with Crippen molar-refractivity contribution in [2.24, 2.45) is 0 Å². The zero-order valence-corrected chi connectivity index (χ0v) is 11.2. The summed E-state index contributed by atoms with van der Waals surface area (Å²) in [6.07, 6.45) is 0. The molecule has 0 spiro atoms. The maximum absolute atomic E-state index is 13.5. The molecule has 0 aliphatic carbocycles. The van der Waals surface area contributed by atoms with Gasteiger partial charge in [-0.2, -0.15) is 0 Å². The van der Waals surface area contributed by atoms with E-state index in [1.54, 1.807) is 13.8 Å². The lowest BCUT2D eigenvalue weighted by molar-refractivity contribution is -0.121. The van der Waals surface area contributed by atoms with Crippen LogP contribution in [-0.4, -0.2) is 18.0 Å². The van der Waals surface area contributed by atoms with Crippen molar-refractivity contribution < 1.29 is 13.6 Å². The van der Waals surface area contributed by atoms with E-state index >= 15 is 0 Å². The third kappa shape index (κ3) is 3.40. The van der Waals surface area contributed by atoms with Crippen LogP contribution < -0.4 is 10.6 Å². The number of amides is 1. The highest BCUT2D eigenvalue weighted by atomic mass is 35.5. The highest BCUT2D eigenvalue weighted by molar-refractivity contribution is 6.33. The standard InChI is InChI=1S/C12H15ClF2N2O/c1-4-16-12(2,3)11(18)17-10-8(13)5-7(14)6-9(10)15/h5-6,16H,4H2,1-3H3,(H,17,18). The largest absolute Gasteiger partial charge is 0.321 e. The SMILES string of the molecule is CCNC(C)(C)C(=O)Nc1c(F)cc(F)cc1Cl. The van der Waals surface area contributed by atoms with Crippen molar-refractivity contribution in [3.8, 4) is 0 Å². The van der Waals surface area contributed by atoms with Crippen LogP contribution in [0.25, 0.3) is 0 Å². The molecule has 0 fully saturated rings. The molecule has 0 aliphatic heterocycles. The van der Waals surface area contributed by atoms with Crippen LogP contribution in [0, 0.1) is 11.6 Å². The Labute approximate surface area is 110 Å². The molecule has 0 saturated heterocycles. The quantitative estimate of drug-likeness (QED) is 0.888. The number of likely N-dealkylation sites (N-methyl/N-ethyl adjacent to an activating group) is 1. The first-order valence-corrected chi connectivity index (χ1v) is 5.86. The fourth-order valence-corrected chi connectivity index (χ4v) is 1.70. The topological polar surface area (TPSA) is 41.1 Å². The van der Waals surface area contributed by atoms with Gasteiger partial charge < -0.3 is 10.6 Å². The Balaban J connectivity index is 2.95. The lowest BCUT2D eigenvalue weighted by Gasteiger charge is -2.24. The van der Waals surface area contributed by atoms with E-state index < -0.39 is 23.1 Å². The average Bonchev–Trinajstić information content (AvgIpc) is 2.22. The number of hydrogen-bond donors (Lipinski definition) is 2. The average molecular weight is 277 g/mol. The summed E-state index contributed by atoms with van der Waals surface area (Å²) in [5, 5.41) is 5.12. The van der Waals surface area contributed by atoms with Crippen molar-refractivity contribution in [3.05, 3.63) is 28.8 Å². The predicted octanol–water partition coefficient (Wildman–Crippen LogP) is 2.94. The Morgan fingerprint density at radius 3 is 2.50 bits per heavy atom. The summed E-state index contributed by atoms with van der Waals surface area (Å²) in [6, 6.07) is 1.61. The van der Waals surface area contributed by atoms with Gasteiger partial charge in [0.05, 0.1) is 16.2 Å². The van der Waals surface area contributed by atoms with Gasteiger partial charge in [0.2, 0.25) is 5.91 Å². The number of rotatable bonds is 4. The van der Waals surface area contributed by atoms with Crippen LogP contribution in [0.1, 0.15) is 20.8 Å². The van der Waals surface area contributed by atoms with Gasteiger partial charge in [-0.15, -0.1) is 0 Å². The van der Waals surface area contributed by atoms with Crippen LogP contribution in [-0.2, 0) is 4.79 Å². The summed E-state index contributed by atoms with van der Waals surface area (Å²) in [5.41, 5.74) is -1.09. The first kappa shape index (κ1) is 14.9. The Kier molecular flexibility index (Phi) is 4.65. The molecule has 0 atom stereocenters. The normalized spacial score (nSPS) is 11.4. The van der Waals surface area contributed by atoms with Crippen molar-refractivity contribution in [1.29, 1.82) is 0 Å². The Morgan fingerprint density at radius 2 is 2.00 bits per heavy atom. The van der Waals surface area contributed by atoms with E-state index in [1.807, 2.05) is 6.92 Å². The monoisotopic (exact) mass is 276 g/mol. The molecular weight excluding hydrogens is 262 g/mol. The van der Waals surface area contributed by atoms with Gasteiger partial charge >= 0.3 is 0 Å². The molecule has 1 aromatic rings. The number of benzene rings is 1. The van der Waals surface area contributed by atoms with Gasteiger partial charge in [-0.3, -0.25) is 4.79 Å². The minimum absolute atomic E-state index is 0.173. The molecular formula is C12H15ClF2N2O. The van der Waals surface area contributed by atoms with E-state index in [0.29, 0.717) is 12.6 Å². The second-order valence-electron chi connectivity index (χ2n) is 4.35. The van der Waals surface area contributed by atoms with Gasteiger partial charge in [-0.1, -0.05) is 18.5 Å². The molecule has 0 bridgehead atoms. The number of hydrogen-bond acceptors (Lipinski definition) is 2. The fourth-order valence-electron chi connectivity index (χ4n) is 1.45. The summed E-state index contributed by atoms with van der Waals surface area (Å²) in [4.78, 5) is 11.9. The zero-order valence-electron chi connectivity index (χ0n) is 10.4. The van der Waals surface area contributed by atoms with E-state index in [-0.39, 0.29) is 10.7 Å². The van der Waals surface area contributed by atoms with Crippen LogP contribution in [0.5, 0.6) is 0 Å². The van der Waals surface area contributed by atoms with Gasteiger partial charge in [-0.25, -0.2) is 8.78 Å². The van der Waals surface area contributed by atoms with E-state index in [1.165, 1.54) is 0 Å². The summed E-state index contributed by atoms with van der Waals surface area (Å²) in [5.74, 6) is -2.14. The third-order valence-electron chi connectivity index (χ3n) is 2.43. The maximum Gasteiger partial charge on any atom is 0.244 e. The minimum Gasteiger partial charge on any atom is -0.321 e. The first-order valence-electron chi connectivity index (χ1n) is 5.49. The molecule has 1 aromatic carbocycles. The smallest absolute Gasteiger partial charge is 0.244 e. The number of halogens is 3. The molecule has 3 nitrogen and oxygen atoms in total. The van der Waals surface area contributed by atoms with Gasteiger partial charge in [0.1, 0.15) is 5.82 Å². The second-order valence-corrected chi connectivity index (χ2v) is 4.76. The number of nitrogens with one attached hydrogen (secondary N) is 2. The van der Waals surface area contributed by atoms with Crippen molar-refractivity contribution in [1.82, 2.24) is 5.32 Å². The summed E-state index contributed by atoms with van der Waals surface area (Å²) >= 11 is 5.69. The molecule has 100 valence electrons. The molecule has 0 radical (unpaired) electrons. The highest BCUT2D eigenvalue weighted by Crippen LogP contribution is 2.27. The number of carbonyl (C=O) groups excluding carboxylic acids is 1. The Morgan fingerprint density at radius 1 is 1.39 bits per heavy atom. The molecule has 0 heterocycles. The van der Waals surface area contributed by atoms with Crippen molar-refractivity contribution in [2.75, 3.05) is 11.9 Å². The Hall–Kier alpha value is -1.20. The van der Waals surface area contributed by atoms with Gasteiger partial charge in [0.25, 0.3) is 0 Å². The van der Waals surface area contributed by atoms with Gasteiger partial charge in [0, 0.05) is 6.07 Å². The molecule has 1 rings (SSSR count). The maximum atomic E-state index is 13.5. The molecule has 0 aliphatic rings. The van der Waals surface area contributed by atoms with Crippen LogP contribution >= 0.6 is 11.6 Å². The van der Waals surface area contributed by atoms with Crippen LogP contribution in [0.4, 0.5) is 14.5 Å². The van der Waals surface area contributed by atoms with Crippen LogP contribution in [0.3, 0.4) is 0 Å². The highest BCUT2D eigenvalue weighted by Gasteiger charge is 2.27. The molecule has 6 heteroatoms. The lowest BCUT2D eigenvalue weighted by Crippen LogP contribution is -2.49. The predicted molar refractivity (Wildman–Crippen MR) is 67.8 cm³/mol. The summed E-state index contributed by atoms with van der Waals surface area (Å²) in [7, 11) is 0. The summed E-state index contributed by atoms with van der Waals surface area (Å²) in [6.45, 7) is 5.74. The third-order valence-corrected chi connectivity index (χ3v) is 2.73. The molecule has 0 aromatic heterocycles. The zero-order chi connectivity index (χ0) is 13.9. The van der Waals surface area contributed by atoms with Crippen molar-refractivity contribution in [3.63, 3.8) is 0 Å². The van der Waals surface area contributed by atoms with E-state index in [9.17, 15) is 13.6 Å². The fraction of sp³-hybridized carbons (Fsp3) is 0.417. The number of anilines is 1. The van der Waals surface area contributed by atoms with E-state index in [0.717, 1.165) is 6.07 Å². The summed E-state index contributed by atoms with van der Waals surface area (Å²) < 4.78 is 26.3. The van der Waals surface area contributed by atoms with Crippen molar-refractivity contribution in [2.45, 2.75) is 26.3 Å². The van der Waals surface area contributed by atoms with Crippen LogP contribution in [0.15, 0.2) is 12.1 Å². The van der Waals surface area contributed by atoms with E-state index in [4.69, 9.17) is 11.6 Å². The minimum atomic E-state index is -0.902. The molecule has 0 saturated carbocycles. The van der Waals surface area contributed by atoms with Crippen molar-refractivity contribution >= 4 is 23.2 Å². The first-order chi connectivity index (χ1) is 8.27. The van der Waals surface area contributed by atoms with Gasteiger partial charge in [-0.05, 0) is 26.5 Å². The second kappa shape index (κ2) is 5.63. The Bertz CT molecular complexity index is 440.